The van der Waals surface area contributed by atoms with Crippen LogP contribution in [0.2, 0.25) is 0 Å². The smallest absolute Gasteiger partial charge is 0.0153 e. The van der Waals surface area contributed by atoms with Crippen LogP contribution in [-0.2, 0) is 0 Å². The lowest BCUT2D eigenvalue weighted by Gasteiger charge is -1.92. The van der Waals surface area contributed by atoms with Crippen molar-refractivity contribution in [3.63, 3.8) is 0 Å². The van der Waals surface area contributed by atoms with Gasteiger partial charge >= 0.3 is 0 Å². The largest absolute Gasteiger partial charge is 0.313 e. The second-order valence-corrected chi connectivity index (χ2v) is 4.21. The highest BCUT2D eigenvalue weighted by atomic mass is 31.1. The van der Waals surface area contributed by atoms with E-state index in [0.29, 0.717) is 7.92 Å². The molecule has 1 unspecified atom stereocenters. The molecule has 1 saturated heterocycles. The van der Waals surface area contributed by atoms with Gasteiger partial charge in [-0.25, -0.2) is 0 Å². The van der Waals surface area contributed by atoms with Crippen molar-refractivity contribution in [2.75, 3.05) is 25.7 Å². The van der Waals surface area contributed by atoms with Gasteiger partial charge in [0.2, 0.25) is 0 Å². The van der Waals surface area contributed by atoms with Crippen LogP contribution in [0, 0.1) is 0 Å². The van der Waals surface area contributed by atoms with Gasteiger partial charge in [0.25, 0.3) is 0 Å². The Labute approximate surface area is 53.6 Å². The van der Waals surface area contributed by atoms with Crippen molar-refractivity contribution in [3.8, 4) is 0 Å². The molecule has 0 aliphatic carbocycles. The van der Waals surface area contributed by atoms with Gasteiger partial charge in [0.05, 0.1) is 0 Å². The Kier molecular flexibility index (Phi) is 5.79. The van der Waals surface area contributed by atoms with Gasteiger partial charge in [0.1, 0.15) is 0 Å². The predicted octanol–water partition coefficient (Wildman–Crippen LogP) is 1.68. The fraction of sp³-hybridized carbons (Fsp3) is 1.00. The van der Waals surface area contributed by atoms with Crippen molar-refractivity contribution in [2.24, 2.45) is 0 Å². The van der Waals surface area contributed by atoms with Crippen molar-refractivity contribution in [1.29, 1.82) is 0 Å². The molecule has 50 valence electrons. The number of hydrogen-bond donors (Lipinski definition) is 1. The van der Waals surface area contributed by atoms with E-state index in [2.05, 4.69) is 12.0 Å². The van der Waals surface area contributed by atoms with E-state index in [1.165, 1.54) is 19.0 Å². The minimum atomic E-state index is 0.424. The van der Waals surface area contributed by atoms with Crippen molar-refractivity contribution in [3.05, 3.63) is 0 Å². The third kappa shape index (κ3) is 3.40. The molecule has 2 heteroatoms. The molecule has 1 rings (SSSR count). The molecule has 1 aliphatic rings. The van der Waals surface area contributed by atoms with E-state index in [9.17, 15) is 0 Å². The van der Waals surface area contributed by atoms with E-state index in [1.807, 2.05) is 13.8 Å². The lowest BCUT2D eigenvalue weighted by atomic mass is 10.8. The van der Waals surface area contributed by atoms with E-state index < -0.39 is 0 Å². The van der Waals surface area contributed by atoms with Crippen molar-refractivity contribution in [1.82, 2.24) is 5.32 Å². The molecule has 0 bridgehead atoms. The van der Waals surface area contributed by atoms with Gasteiger partial charge in [-0.15, -0.1) is 0 Å². The minimum Gasteiger partial charge on any atom is -0.313 e. The molecule has 0 saturated carbocycles. The summed E-state index contributed by atoms with van der Waals surface area (Å²) in [4.78, 5) is 0. The monoisotopic (exact) mass is 133 g/mol. The Balaban J connectivity index is 0.000000222. The van der Waals surface area contributed by atoms with Crippen LogP contribution in [0.5, 0.6) is 0 Å². The maximum absolute atomic E-state index is 3.30. The van der Waals surface area contributed by atoms with Crippen LogP contribution < -0.4 is 5.32 Å². The van der Waals surface area contributed by atoms with Crippen LogP contribution in [0.1, 0.15) is 13.8 Å². The molecule has 1 aliphatic heterocycles. The predicted molar refractivity (Wildman–Crippen MR) is 41.9 cm³/mol. The number of rotatable bonds is 0. The van der Waals surface area contributed by atoms with Crippen molar-refractivity contribution in [2.45, 2.75) is 13.8 Å². The van der Waals surface area contributed by atoms with E-state index >= 15 is 0 Å². The molecule has 1 atom stereocenters. The van der Waals surface area contributed by atoms with E-state index in [-0.39, 0.29) is 0 Å². The van der Waals surface area contributed by atoms with Crippen LogP contribution in [0.15, 0.2) is 0 Å². The summed E-state index contributed by atoms with van der Waals surface area (Å²) in [5.74, 6) is 0. The molecule has 0 amide bonds. The molecular weight excluding hydrogens is 117 g/mol. The summed E-state index contributed by atoms with van der Waals surface area (Å²) in [5.41, 5.74) is 0. The highest BCUT2D eigenvalue weighted by molar-refractivity contribution is 7.57. The maximum Gasteiger partial charge on any atom is 0.0153 e. The SMILES string of the molecule is CC.CP1CCNC1. The van der Waals surface area contributed by atoms with Gasteiger partial charge in [-0.2, -0.15) is 0 Å². The van der Waals surface area contributed by atoms with Crippen LogP contribution >= 0.6 is 7.92 Å². The molecule has 0 radical (unpaired) electrons. The standard InChI is InChI=1S/C4H10NP.C2H6/c1-6-3-2-5-4-6;1-2/h5H,2-4H2,1H3;1-2H3. The molecule has 8 heavy (non-hydrogen) atoms. The molecule has 0 aromatic carbocycles. The first-order chi connectivity index (χ1) is 3.89. The zero-order valence-electron chi connectivity index (χ0n) is 6.07. The lowest BCUT2D eigenvalue weighted by molar-refractivity contribution is 0.885. The minimum absolute atomic E-state index is 0.424. The summed E-state index contributed by atoms with van der Waals surface area (Å²) in [7, 11) is 0.424. The van der Waals surface area contributed by atoms with Crippen LogP contribution in [-0.4, -0.2) is 25.7 Å². The van der Waals surface area contributed by atoms with E-state index in [0.717, 1.165) is 0 Å². The third-order valence-corrected chi connectivity index (χ3v) is 2.80. The third-order valence-electron chi connectivity index (χ3n) is 1.05. The van der Waals surface area contributed by atoms with E-state index in [4.69, 9.17) is 0 Å². The van der Waals surface area contributed by atoms with Crippen LogP contribution in [0.3, 0.4) is 0 Å². The second-order valence-electron chi connectivity index (χ2n) is 1.74. The first kappa shape index (κ1) is 8.39. The Morgan fingerprint density at radius 3 is 2.12 bits per heavy atom. The van der Waals surface area contributed by atoms with Gasteiger partial charge in [0.15, 0.2) is 0 Å². The molecule has 1 fully saturated rings. The first-order valence-electron chi connectivity index (χ1n) is 3.29. The zero-order valence-corrected chi connectivity index (χ0v) is 6.96. The Morgan fingerprint density at radius 1 is 1.38 bits per heavy atom. The zero-order chi connectivity index (χ0) is 6.41. The molecule has 0 aromatic heterocycles. The summed E-state index contributed by atoms with van der Waals surface area (Å²) in [6.45, 7) is 7.61. The molecule has 1 N–H and O–H groups in total. The number of nitrogens with one attached hydrogen (secondary N) is 1. The Hall–Kier alpha value is 0.390. The quantitative estimate of drug-likeness (QED) is 0.496. The van der Waals surface area contributed by atoms with Gasteiger partial charge in [0, 0.05) is 6.29 Å². The summed E-state index contributed by atoms with van der Waals surface area (Å²) in [6, 6.07) is 0. The average molecular weight is 133 g/mol. The van der Waals surface area contributed by atoms with Gasteiger partial charge in [-0.3, -0.25) is 0 Å². The summed E-state index contributed by atoms with van der Waals surface area (Å²) >= 11 is 0. The number of hydrogen-bond acceptors (Lipinski definition) is 1. The van der Waals surface area contributed by atoms with Crippen LogP contribution in [0.25, 0.3) is 0 Å². The summed E-state index contributed by atoms with van der Waals surface area (Å²) in [6.07, 6.45) is 2.74. The first-order valence-corrected chi connectivity index (χ1v) is 5.45. The molecule has 1 heterocycles. The fourth-order valence-electron chi connectivity index (χ4n) is 0.619. The Morgan fingerprint density at radius 2 is 2.00 bits per heavy atom. The second kappa shape index (κ2) is 5.53. The summed E-state index contributed by atoms with van der Waals surface area (Å²) < 4.78 is 0. The topological polar surface area (TPSA) is 12.0 Å². The molecule has 1 nitrogen and oxygen atoms in total. The lowest BCUT2D eigenvalue weighted by Crippen LogP contribution is -2.04. The average Bonchev–Trinajstić information content (AvgIpc) is 2.24. The normalized spacial score (nSPS) is 26.6. The van der Waals surface area contributed by atoms with Gasteiger partial charge in [-0.05, 0) is 19.4 Å². The molecular formula is C6H16NP. The molecule has 0 spiro atoms. The molecule has 0 aromatic rings. The summed E-state index contributed by atoms with van der Waals surface area (Å²) in [5, 5.41) is 3.30. The van der Waals surface area contributed by atoms with E-state index in [1.54, 1.807) is 0 Å². The van der Waals surface area contributed by atoms with Gasteiger partial charge < -0.3 is 5.32 Å². The van der Waals surface area contributed by atoms with Crippen molar-refractivity contribution >= 4 is 7.92 Å². The Bertz CT molecular complexity index is 41.8. The highest BCUT2D eigenvalue weighted by Crippen LogP contribution is 2.30. The highest BCUT2D eigenvalue weighted by Gasteiger charge is 2.05. The van der Waals surface area contributed by atoms with Crippen LogP contribution in [0.4, 0.5) is 0 Å². The van der Waals surface area contributed by atoms with Gasteiger partial charge in [-0.1, -0.05) is 21.8 Å². The van der Waals surface area contributed by atoms with Crippen molar-refractivity contribution < 1.29 is 0 Å². The fourth-order valence-corrected chi connectivity index (χ4v) is 1.86. The maximum atomic E-state index is 3.30.